The third-order valence-electron chi connectivity index (χ3n) is 2.83. The topological polar surface area (TPSA) is 53.2 Å². The van der Waals surface area contributed by atoms with Gasteiger partial charge in [-0.3, -0.25) is 10.2 Å². The molecule has 1 aromatic rings. The predicted molar refractivity (Wildman–Crippen MR) is 70.5 cm³/mol. The van der Waals surface area contributed by atoms with E-state index < -0.39 is 0 Å². The van der Waals surface area contributed by atoms with Crippen LogP contribution in [0.15, 0.2) is 22.7 Å². The van der Waals surface area contributed by atoms with Crippen molar-refractivity contribution in [2.75, 3.05) is 0 Å². The summed E-state index contributed by atoms with van der Waals surface area (Å²) >= 11 is 3.39. The number of rotatable bonds is 2. The first kappa shape index (κ1) is 12.5. The number of hydrogen-bond acceptors (Lipinski definition) is 3. The number of nitrogens with one attached hydrogen (secondary N) is 3. The molecule has 5 heteroatoms. The molecule has 1 fully saturated rings. The summed E-state index contributed by atoms with van der Waals surface area (Å²) in [5, 5.41) is 2.96. The van der Waals surface area contributed by atoms with Crippen molar-refractivity contribution < 1.29 is 4.79 Å². The molecular weight excluding hydrogens is 282 g/mol. The van der Waals surface area contributed by atoms with E-state index >= 15 is 0 Å². The van der Waals surface area contributed by atoms with Crippen molar-refractivity contribution >= 4 is 21.8 Å². The highest BCUT2D eigenvalue weighted by molar-refractivity contribution is 9.10. The van der Waals surface area contributed by atoms with Crippen LogP contribution in [-0.2, 0) is 0 Å². The summed E-state index contributed by atoms with van der Waals surface area (Å²) < 4.78 is 0.987. The predicted octanol–water partition coefficient (Wildman–Crippen LogP) is 1.70. The molecule has 0 spiro atoms. The van der Waals surface area contributed by atoms with Gasteiger partial charge in [-0.2, -0.15) is 0 Å². The van der Waals surface area contributed by atoms with E-state index in [9.17, 15) is 4.79 Å². The average molecular weight is 298 g/mol. The molecule has 1 aromatic carbocycles. The van der Waals surface area contributed by atoms with Crippen LogP contribution in [0.4, 0.5) is 0 Å². The van der Waals surface area contributed by atoms with Crippen LogP contribution in [0.2, 0.25) is 0 Å². The number of halogens is 1. The van der Waals surface area contributed by atoms with Crippen molar-refractivity contribution in [2.24, 2.45) is 0 Å². The number of carbonyl (C=O) groups is 1. The van der Waals surface area contributed by atoms with Gasteiger partial charge in [0.05, 0.1) is 6.17 Å². The largest absolute Gasteiger partial charge is 0.335 e. The molecule has 3 N–H and O–H groups in total. The SMILES string of the molecule is Cc1cc(Br)ccc1C(=O)NC1CC(C)NN1. The molecule has 1 amide bonds. The fraction of sp³-hybridized carbons (Fsp3) is 0.417. The Hall–Kier alpha value is -0.910. The van der Waals surface area contributed by atoms with Crippen molar-refractivity contribution in [3.63, 3.8) is 0 Å². The lowest BCUT2D eigenvalue weighted by molar-refractivity contribution is 0.0931. The van der Waals surface area contributed by atoms with Gasteiger partial charge in [-0.25, -0.2) is 5.43 Å². The standard InChI is InChI=1S/C12H16BrN3O/c1-7-5-9(13)3-4-10(7)12(17)14-11-6-8(2)15-16-11/h3-5,8,11,15-16H,6H2,1-2H3,(H,14,17). The first-order chi connectivity index (χ1) is 8.06. The zero-order valence-electron chi connectivity index (χ0n) is 9.88. The van der Waals surface area contributed by atoms with Gasteiger partial charge in [0, 0.05) is 16.1 Å². The van der Waals surface area contributed by atoms with Crippen molar-refractivity contribution in [3.05, 3.63) is 33.8 Å². The Morgan fingerprint density at radius 3 is 2.82 bits per heavy atom. The first-order valence-electron chi connectivity index (χ1n) is 5.64. The van der Waals surface area contributed by atoms with E-state index in [2.05, 4.69) is 39.0 Å². The minimum absolute atomic E-state index is 0.000506. The molecule has 2 unspecified atom stereocenters. The second-order valence-corrected chi connectivity index (χ2v) is 5.33. The van der Waals surface area contributed by atoms with Crippen LogP contribution in [0.5, 0.6) is 0 Å². The van der Waals surface area contributed by atoms with Crippen LogP contribution >= 0.6 is 15.9 Å². The number of benzene rings is 1. The fourth-order valence-electron chi connectivity index (χ4n) is 1.93. The summed E-state index contributed by atoms with van der Waals surface area (Å²) in [4.78, 5) is 12.0. The van der Waals surface area contributed by atoms with E-state index in [-0.39, 0.29) is 12.1 Å². The third kappa shape index (κ3) is 3.06. The molecule has 1 aliphatic heterocycles. The minimum Gasteiger partial charge on any atom is -0.335 e. The van der Waals surface area contributed by atoms with Crippen LogP contribution in [0.25, 0.3) is 0 Å². The maximum atomic E-state index is 12.0. The Bertz CT molecular complexity index is 436. The Morgan fingerprint density at radius 2 is 2.24 bits per heavy atom. The minimum atomic E-state index is -0.0385. The summed E-state index contributed by atoms with van der Waals surface area (Å²) in [6.07, 6.45) is 0.891. The van der Waals surface area contributed by atoms with Crippen molar-refractivity contribution in [3.8, 4) is 0 Å². The summed E-state index contributed by atoms with van der Waals surface area (Å²) in [7, 11) is 0. The molecule has 0 aliphatic carbocycles. The van der Waals surface area contributed by atoms with Crippen LogP contribution < -0.4 is 16.2 Å². The Labute approximate surface area is 109 Å². The molecule has 0 radical (unpaired) electrons. The second kappa shape index (κ2) is 5.16. The second-order valence-electron chi connectivity index (χ2n) is 4.41. The number of amides is 1. The van der Waals surface area contributed by atoms with Crippen LogP contribution in [0, 0.1) is 6.92 Å². The van der Waals surface area contributed by atoms with Gasteiger partial charge >= 0.3 is 0 Å². The Morgan fingerprint density at radius 1 is 1.47 bits per heavy atom. The highest BCUT2D eigenvalue weighted by Gasteiger charge is 2.22. The summed E-state index contributed by atoms with van der Waals surface area (Å²) in [6, 6.07) is 6.04. The van der Waals surface area contributed by atoms with Gasteiger partial charge in [0.2, 0.25) is 0 Å². The third-order valence-corrected chi connectivity index (χ3v) is 3.32. The van der Waals surface area contributed by atoms with Gasteiger partial charge in [-0.15, -0.1) is 0 Å². The lowest BCUT2D eigenvalue weighted by Gasteiger charge is -2.13. The van der Waals surface area contributed by atoms with Crippen LogP contribution in [0.3, 0.4) is 0 Å². The van der Waals surface area contributed by atoms with E-state index in [4.69, 9.17) is 0 Å². The Balaban J connectivity index is 2.04. The molecule has 0 aromatic heterocycles. The number of aryl methyl sites for hydroxylation is 1. The summed E-state index contributed by atoms with van der Waals surface area (Å²) in [5.74, 6) is -0.0385. The molecule has 2 atom stereocenters. The normalized spacial score (nSPS) is 23.7. The zero-order chi connectivity index (χ0) is 12.4. The van der Waals surface area contributed by atoms with E-state index in [0.717, 1.165) is 22.0 Å². The Kier molecular flexibility index (Phi) is 3.81. The lowest BCUT2D eigenvalue weighted by atomic mass is 10.1. The number of hydrogen-bond donors (Lipinski definition) is 3. The van der Waals surface area contributed by atoms with Gasteiger partial charge < -0.3 is 5.32 Å². The van der Waals surface area contributed by atoms with Gasteiger partial charge in [0.25, 0.3) is 5.91 Å². The van der Waals surface area contributed by atoms with Gasteiger partial charge in [-0.1, -0.05) is 15.9 Å². The number of carbonyl (C=O) groups excluding carboxylic acids is 1. The van der Waals surface area contributed by atoms with Crippen molar-refractivity contribution in [2.45, 2.75) is 32.5 Å². The zero-order valence-corrected chi connectivity index (χ0v) is 11.5. The van der Waals surface area contributed by atoms with E-state index in [1.807, 2.05) is 25.1 Å². The van der Waals surface area contributed by atoms with Gasteiger partial charge in [0.1, 0.15) is 0 Å². The highest BCUT2D eigenvalue weighted by atomic mass is 79.9. The lowest BCUT2D eigenvalue weighted by Crippen LogP contribution is -2.44. The maximum absolute atomic E-state index is 12.0. The molecule has 1 aliphatic rings. The summed E-state index contributed by atoms with van der Waals surface area (Å²) in [5.41, 5.74) is 7.81. The monoisotopic (exact) mass is 297 g/mol. The molecule has 17 heavy (non-hydrogen) atoms. The molecule has 2 rings (SSSR count). The molecule has 0 bridgehead atoms. The fourth-order valence-corrected chi connectivity index (χ4v) is 2.40. The van der Waals surface area contributed by atoms with Crippen molar-refractivity contribution in [1.29, 1.82) is 0 Å². The molecule has 92 valence electrons. The maximum Gasteiger partial charge on any atom is 0.252 e. The summed E-state index contributed by atoms with van der Waals surface area (Å²) in [6.45, 7) is 4.01. The van der Waals surface area contributed by atoms with Crippen LogP contribution in [0.1, 0.15) is 29.3 Å². The van der Waals surface area contributed by atoms with Gasteiger partial charge in [0.15, 0.2) is 0 Å². The molecule has 1 heterocycles. The molecule has 0 saturated carbocycles. The number of hydrazine groups is 1. The highest BCUT2D eigenvalue weighted by Crippen LogP contribution is 2.16. The molecule has 1 saturated heterocycles. The van der Waals surface area contributed by atoms with Gasteiger partial charge in [-0.05, 0) is 44.0 Å². The van der Waals surface area contributed by atoms with E-state index in [1.165, 1.54) is 0 Å². The van der Waals surface area contributed by atoms with E-state index in [1.54, 1.807) is 0 Å². The average Bonchev–Trinajstić information content (AvgIpc) is 2.63. The quantitative estimate of drug-likeness (QED) is 0.779. The molecule has 4 nitrogen and oxygen atoms in total. The van der Waals surface area contributed by atoms with Crippen LogP contribution in [-0.4, -0.2) is 18.1 Å². The van der Waals surface area contributed by atoms with Crippen molar-refractivity contribution in [1.82, 2.24) is 16.2 Å². The molecular formula is C12H16BrN3O. The smallest absolute Gasteiger partial charge is 0.252 e. The first-order valence-corrected chi connectivity index (χ1v) is 6.43. The van der Waals surface area contributed by atoms with E-state index in [0.29, 0.717) is 6.04 Å².